The maximum absolute atomic E-state index is 11.8. The Morgan fingerprint density at radius 1 is 1.59 bits per heavy atom. The minimum Gasteiger partial charge on any atom is -0.444 e. The Kier molecular flexibility index (Phi) is 4.39. The molecule has 0 N–H and O–H groups in total. The molecule has 1 heterocycles. The molecule has 4 nitrogen and oxygen atoms in total. The third kappa shape index (κ3) is 3.92. The summed E-state index contributed by atoms with van der Waals surface area (Å²) < 4.78 is 5.32. The summed E-state index contributed by atoms with van der Waals surface area (Å²) in [5.74, 6) is 0.361. The van der Waals surface area contributed by atoms with Crippen LogP contribution in [0.1, 0.15) is 40.5 Å². The number of ether oxygens (including phenoxy) is 1. The topological polar surface area (TPSA) is 53.3 Å². The van der Waals surface area contributed by atoms with Crippen LogP contribution in [-0.4, -0.2) is 29.7 Å². The van der Waals surface area contributed by atoms with Crippen molar-refractivity contribution in [1.29, 1.82) is 5.26 Å². The molecule has 0 saturated carbocycles. The van der Waals surface area contributed by atoms with E-state index >= 15 is 0 Å². The van der Waals surface area contributed by atoms with Gasteiger partial charge in [0.05, 0.1) is 12.0 Å². The molecule has 0 aliphatic carbocycles. The minimum atomic E-state index is -0.450. The Hall–Kier alpha value is -1.24. The van der Waals surface area contributed by atoms with E-state index in [1.54, 1.807) is 4.90 Å². The highest BCUT2D eigenvalue weighted by atomic mass is 16.6. The number of hydrogen-bond acceptors (Lipinski definition) is 3. The monoisotopic (exact) mass is 238 g/mol. The van der Waals surface area contributed by atoms with E-state index in [2.05, 4.69) is 6.07 Å². The van der Waals surface area contributed by atoms with Gasteiger partial charge < -0.3 is 9.64 Å². The molecule has 1 unspecified atom stereocenters. The van der Waals surface area contributed by atoms with Gasteiger partial charge in [-0.15, -0.1) is 0 Å². The van der Waals surface area contributed by atoms with Gasteiger partial charge in [-0.25, -0.2) is 4.79 Å². The Bertz CT molecular complexity index is 314. The van der Waals surface area contributed by atoms with E-state index in [1.807, 2.05) is 27.7 Å². The first-order valence-corrected chi connectivity index (χ1v) is 6.25. The fourth-order valence-corrected chi connectivity index (χ4v) is 2.14. The van der Waals surface area contributed by atoms with Crippen molar-refractivity contribution in [3.05, 3.63) is 0 Å². The summed E-state index contributed by atoms with van der Waals surface area (Å²) in [7, 11) is 0. The van der Waals surface area contributed by atoms with E-state index in [0.29, 0.717) is 19.0 Å². The molecule has 2 atom stereocenters. The van der Waals surface area contributed by atoms with Crippen molar-refractivity contribution in [2.24, 2.45) is 11.8 Å². The summed E-state index contributed by atoms with van der Waals surface area (Å²) in [6, 6.07) is 2.32. The van der Waals surface area contributed by atoms with E-state index in [1.165, 1.54) is 0 Å². The lowest BCUT2D eigenvalue weighted by Crippen LogP contribution is -2.35. The molecule has 0 aromatic carbocycles. The van der Waals surface area contributed by atoms with Crippen LogP contribution in [0.15, 0.2) is 0 Å². The summed E-state index contributed by atoms with van der Waals surface area (Å²) in [5.41, 5.74) is -0.450. The second kappa shape index (κ2) is 5.39. The van der Waals surface area contributed by atoms with Crippen LogP contribution in [0, 0.1) is 23.2 Å². The van der Waals surface area contributed by atoms with Crippen LogP contribution in [0.3, 0.4) is 0 Å². The van der Waals surface area contributed by atoms with E-state index in [4.69, 9.17) is 10.00 Å². The molecule has 1 rings (SSSR count). The third-order valence-electron chi connectivity index (χ3n) is 3.05. The van der Waals surface area contributed by atoms with Crippen LogP contribution in [0.4, 0.5) is 4.79 Å². The second-order valence-electron chi connectivity index (χ2n) is 5.62. The molecule has 1 amide bonds. The fourth-order valence-electron chi connectivity index (χ4n) is 2.14. The quantitative estimate of drug-likeness (QED) is 0.743. The highest BCUT2D eigenvalue weighted by Gasteiger charge is 2.33. The first-order valence-electron chi connectivity index (χ1n) is 6.25. The van der Waals surface area contributed by atoms with E-state index in [0.717, 1.165) is 12.8 Å². The molecular weight excluding hydrogens is 216 g/mol. The van der Waals surface area contributed by atoms with Crippen molar-refractivity contribution >= 4 is 6.09 Å². The molecule has 1 fully saturated rings. The van der Waals surface area contributed by atoms with Crippen molar-refractivity contribution in [1.82, 2.24) is 4.90 Å². The first-order chi connectivity index (χ1) is 7.87. The van der Waals surface area contributed by atoms with Gasteiger partial charge >= 0.3 is 6.09 Å². The lowest BCUT2D eigenvalue weighted by molar-refractivity contribution is 0.0285. The SMILES string of the molecule is CCC(C#N)[C@@H]1CCN(C(=O)OC(C)(C)C)C1. The molecular formula is C13H22N2O2. The molecule has 17 heavy (non-hydrogen) atoms. The van der Waals surface area contributed by atoms with E-state index < -0.39 is 5.60 Å². The highest BCUT2D eigenvalue weighted by Crippen LogP contribution is 2.27. The second-order valence-corrected chi connectivity index (χ2v) is 5.62. The van der Waals surface area contributed by atoms with Crippen LogP contribution in [0.5, 0.6) is 0 Å². The molecule has 0 bridgehead atoms. The number of carbonyl (C=O) groups excluding carboxylic acids is 1. The summed E-state index contributed by atoms with van der Waals surface area (Å²) in [6.45, 7) is 8.97. The lowest BCUT2D eigenvalue weighted by atomic mass is 9.91. The zero-order valence-electron chi connectivity index (χ0n) is 11.2. The molecule has 0 aromatic heterocycles. The van der Waals surface area contributed by atoms with Crippen LogP contribution in [0.2, 0.25) is 0 Å². The highest BCUT2D eigenvalue weighted by molar-refractivity contribution is 5.68. The third-order valence-corrected chi connectivity index (χ3v) is 3.05. The number of nitrogens with zero attached hydrogens (tertiary/aromatic N) is 2. The molecule has 0 aromatic rings. The van der Waals surface area contributed by atoms with Crippen molar-refractivity contribution in [2.75, 3.05) is 13.1 Å². The minimum absolute atomic E-state index is 0.0578. The Morgan fingerprint density at radius 2 is 2.24 bits per heavy atom. The van der Waals surface area contributed by atoms with E-state index in [9.17, 15) is 4.79 Å². The maximum atomic E-state index is 11.8. The molecule has 1 aliphatic heterocycles. The number of nitriles is 1. The summed E-state index contributed by atoms with van der Waals surface area (Å²) in [4.78, 5) is 13.5. The van der Waals surface area contributed by atoms with Crippen molar-refractivity contribution < 1.29 is 9.53 Å². The Morgan fingerprint density at radius 3 is 2.71 bits per heavy atom. The van der Waals surface area contributed by atoms with Gasteiger partial charge in [-0.05, 0) is 39.5 Å². The zero-order chi connectivity index (χ0) is 13.1. The molecule has 1 aliphatic rings. The maximum Gasteiger partial charge on any atom is 0.410 e. The van der Waals surface area contributed by atoms with Crippen molar-refractivity contribution in [2.45, 2.75) is 46.1 Å². The van der Waals surface area contributed by atoms with Gasteiger partial charge in [0.2, 0.25) is 0 Å². The largest absolute Gasteiger partial charge is 0.444 e. The van der Waals surface area contributed by atoms with Gasteiger partial charge in [0.1, 0.15) is 5.60 Å². The normalized spacial score (nSPS) is 22.1. The predicted molar refractivity (Wildman–Crippen MR) is 65.3 cm³/mol. The van der Waals surface area contributed by atoms with Gasteiger partial charge in [0.25, 0.3) is 0 Å². The number of rotatable bonds is 2. The number of hydrogen-bond donors (Lipinski definition) is 0. The number of likely N-dealkylation sites (tertiary alicyclic amines) is 1. The summed E-state index contributed by atoms with van der Waals surface area (Å²) in [5, 5.41) is 9.01. The average molecular weight is 238 g/mol. The summed E-state index contributed by atoms with van der Waals surface area (Å²) in [6.07, 6.45) is 1.50. The van der Waals surface area contributed by atoms with Crippen molar-refractivity contribution in [3.63, 3.8) is 0 Å². The fraction of sp³-hybridized carbons (Fsp3) is 0.846. The number of carbonyl (C=O) groups is 1. The van der Waals surface area contributed by atoms with Gasteiger partial charge in [-0.1, -0.05) is 6.92 Å². The lowest BCUT2D eigenvalue weighted by Gasteiger charge is -2.24. The zero-order valence-corrected chi connectivity index (χ0v) is 11.2. The van der Waals surface area contributed by atoms with Crippen LogP contribution in [0.25, 0.3) is 0 Å². The van der Waals surface area contributed by atoms with Gasteiger partial charge in [0.15, 0.2) is 0 Å². The van der Waals surface area contributed by atoms with E-state index in [-0.39, 0.29) is 12.0 Å². The first kappa shape index (κ1) is 13.8. The number of amides is 1. The van der Waals surface area contributed by atoms with Gasteiger partial charge in [-0.3, -0.25) is 0 Å². The standard InChI is InChI=1S/C13H22N2O2/c1-5-10(8-14)11-6-7-15(9-11)12(16)17-13(2,3)4/h10-11H,5-7,9H2,1-4H3/t10?,11-/m1/s1. The predicted octanol–water partition coefficient (Wildman–Crippen LogP) is 2.79. The Balaban J connectivity index is 2.51. The molecule has 1 saturated heterocycles. The molecule has 0 radical (unpaired) electrons. The molecule has 0 spiro atoms. The van der Waals surface area contributed by atoms with Crippen molar-refractivity contribution in [3.8, 4) is 6.07 Å². The average Bonchev–Trinajstić information content (AvgIpc) is 2.66. The van der Waals surface area contributed by atoms with Gasteiger partial charge in [-0.2, -0.15) is 5.26 Å². The van der Waals surface area contributed by atoms with Crippen LogP contribution in [-0.2, 0) is 4.74 Å². The van der Waals surface area contributed by atoms with Crippen LogP contribution < -0.4 is 0 Å². The molecule has 4 heteroatoms. The van der Waals surface area contributed by atoms with Gasteiger partial charge in [0, 0.05) is 13.1 Å². The smallest absolute Gasteiger partial charge is 0.410 e. The molecule has 96 valence electrons. The van der Waals surface area contributed by atoms with Crippen LogP contribution >= 0.6 is 0 Å². The Labute approximate surface area is 104 Å². The summed E-state index contributed by atoms with van der Waals surface area (Å²) >= 11 is 0.